The predicted octanol–water partition coefficient (Wildman–Crippen LogP) is 5.70. The molecule has 1 aliphatic carbocycles. The second kappa shape index (κ2) is 9.71. The second-order valence-electron chi connectivity index (χ2n) is 7.68. The van der Waals surface area contributed by atoms with Crippen molar-refractivity contribution in [3.05, 3.63) is 65.7 Å². The monoisotopic (exact) mass is 511 g/mol. The van der Waals surface area contributed by atoms with E-state index in [0.29, 0.717) is 6.07 Å². The molecule has 0 unspecified atom stereocenters. The van der Waals surface area contributed by atoms with Crippen LogP contribution in [0.4, 0.5) is 48.3 Å². The van der Waals surface area contributed by atoms with Crippen molar-refractivity contribution in [1.82, 2.24) is 9.97 Å². The molecule has 8 nitrogen and oxygen atoms in total. The van der Waals surface area contributed by atoms with E-state index in [2.05, 4.69) is 20.6 Å². The molecule has 1 aliphatic rings. The lowest BCUT2D eigenvalue weighted by atomic mass is 10.1. The van der Waals surface area contributed by atoms with Gasteiger partial charge >= 0.3 is 12.2 Å². The van der Waals surface area contributed by atoms with Crippen LogP contribution in [0.3, 0.4) is 0 Å². The third kappa shape index (κ3) is 6.20. The van der Waals surface area contributed by atoms with Crippen molar-refractivity contribution in [2.45, 2.75) is 19.0 Å². The molecule has 3 aromatic rings. The molecular formula is C22H15F6N5O3. The Morgan fingerprint density at radius 2 is 1.58 bits per heavy atom. The first-order chi connectivity index (χ1) is 17.0. The summed E-state index contributed by atoms with van der Waals surface area (Å²) in [5.41, 5.74) is -2.78. The molecule has 0 radical (unpaired) electrons. The SMILES string of the molecule is O=C(Nc1cc(F)cc(Oc2cc(NC(=O)C3CC3)ncn2)c1)Nc1cc(F)c(F)c(C(F)(F)F)c1. The van der Waals surface area contributed by atoms with Crippen molar-refractivity contribution < 1.29 is 40.7 Å². The fourth-order valence-corrected chi connectivity index (χ4v) is 3.01. The van der Waals surface area contributed by atoms with Crippen LogP contribution in [0.15, 0.2) is 42.7 Å². The number of hydrogen-bond donors (Lipinski definition) is 3. The lowest BCUT2D eigenvalue weighted by Crippen LogP contribution is -2.20. The van der Waals surface area contributed by atoms with E-state index < -0.39 is 40.9 Å². The summed E-state index contributed by atoms with van der Waals surface area (Å²) < 4.78 is 85.1. The average Bonchev–Trinajstić information content (AvgIpc) is 3.60. The number of halogens is 6. The Morgan fingerprint density at radius 3 is 2.25 bits per heavy atom. The van der Waals surface area contributed by atoms with Crippen molar-refractivity contribution in [2.75, 3.05) is 16.0 Å². The van der Waals surface area contributed by atoms with Crippen LogP contribution in [-0.2, 0) is 11.0 Å². The van der Waals surface area contributed by atoms with Gasteiger partial charge in [-0.2, -0.15) is 13.2 Å². The predicted molar refractivity (Wildman–Crippen MR) is 114 cm³/mol. The fourth-order valence-electron chi connectivity index (χ4n) is 3.01. The molecule has 14 heteroatoms. The molecule has 0 aliphatic heterocycles. The summed E-state index contributed by atoms with van der Waals surface area (Å²) in [6.07, 6.45) is -2.52. The lowest BCUT2D eigenvalue weighted by molar-refractivity contribution is -0.140. The molecule has 0 atom stereocenters. The van der Waals surface area contributed by atoms with Gasteiger partial charge in [0.1, 0.15) is 23.7 Å². The Kier molecular flexibility index (Phi) is 6.68. The first-order valence-electron chi connectivity index (χ1n) is 10.2. The van der Waals surface area contributed by atoms with E-state index in [1.165, 1.54) is 12.1 Å². The maximum atomic E-state index is 14.1. The van der Waals surface area contributed by atoms with Crippen LogP contribution in [0.2, 0.25) is 0 Å². The van der Waals surface area contributed by atoms with E-state index >= 15 is 0 Å². The minimum Gasteiger partial charge on any atom is -0.439 e. The molecule has 1 heterocycles. The second-order valence-corrected chi connectivity index (χ2v) is 7.68. The fraction of sp³-hybridized carbons (Fsp3) is 0.182. The number of hydrogen-bond acceptors (Lipinski definition) is 5. The highest BCUT2D eigenvalue weighted by atomic mass is 19.4. The zero-order valence-electron chi connectivity index (χ0n) is 17.9. The van der Waals surface area contributed by atoms with Gasteiger partial charge in [0.15, 0.2) is 11.6 Å². The Bertz CT molecular complexity index is 1330. The number of urea groups is 1. The molecular weight excluding hydrogens is 496 g/mol. The topological polar surface area (TPSA) is 105 Å². The Balaban J connectivity index is 1.45. The number of anilines is 3. The molecule has 0 saturated heterocycles. The van der Waals surface area contributed by atoms with Crippen LogP contribution in [0.25, 0.3) is 0 Å². The third-order valence-corrected chi connectivity index (χ3v) is 4.78. The van der Waals surface area contributed by atoms with Crippen molar-refractivity contribution >= 4 is 29.1 Å². The van der Waals surface area contributed by atoms with Crippen LogP contribution in [-0.4, -0.2) is 21.9 Å². The van der Waals surface area contributed by atoms with Gasteiger partial charge in [0.05, 0.1) is 5.56 Å². The molecule has 3 amide bonds. The molecule has 1 fully saturated rings. The third-order valence-electron chi connectivity index (χ3n) is 4.78. The zero-order valence-corrected chi connectivity index (χ0v) is 17.9. The number of nitrogens with one attached hydrogen (secondary N) is 3. The van der Waals surface area contributed by atoms with Crippen LogP contribution in [0.1, 0.15) is 18.4 Å². The summed E-state index contributed by atoms with van der Waals surface area (Å²) in [6, 6.07) is 3.70. The summed E-state index contributed by atoms with van der Waals surface area (Å²) in [5, 5.41) is 6.66. The van der Waals surface area contributed by atoms with E-state index in [0.717, 1.165) is 31.3 Å². The van der Waals surface area contributed by atoms with E-state index in [-0.39, 0.29) is 41.0 Å². The van der Waals surface area contributed by atoms with Gasteiger partial charge in [-0.1, -0.05) is 0 Å². The number of alkyl halides is 3. The number of carbonyl (C=O) groups is 2. The first kappa shape index (κ1) is 24.8. The highest BCUT2D eigenvalue weighted by Gasteiger charge is 2.36. The van der Waals surface area contributed by atoms with Crippen molar-refractivity contribution in [1.29, 1.82) is 0 Å². The average molecular weight is 511 g/mol. The van der Waals surface area contributed by atoms with Crippen molar-refractivity contribution in [3.8, 4) is 11.6 Å². The summed E-state index contributed by atoms with van der Waals surface area (Å²) in [4.78, 5) is 31.8. The number of aromatic nitrogens is 2. The maximum absolute atomic E-state index is 14.1. The van der Waals surface area contributed by atoms with Gasteiger partial charge in [-0.25, -0.2) is 27.9 Å². The van der Waals surface area contributed by atoms with Gasteiger partial charge in [-0.3, -0.25) is 4.79 Å². The number of ether oxygens (including phenoxy) is 1. The molecule has 3 N–H and O–H groups in total. The molecule has 188 valence electrons. The largest absolute Gasteiger partial charge is 0.439 e. The summed E-state index contributed by atoms with van der Waals surface area (Å²) >= 11 is 0. The summed E-state index contributed by atoms with van der Waals surface area (Å²) in [6.45, 7) is 0. The number of nitrogens with zero attached hydrogens (tertiary/aromatic N) is 2. The van der Waals surface area contributed by atoms with E-state index in [9.17, 15) is 35.9 Å². The van der Waals surface area contributed by atoms with Gasteiger partial charge in [0.25, 0.3) is 0 Å². The van der Waals surface area contributed by atoms with Gasteiger partial charge in [0, 0.05) is 41.6 Å². The highest BCUT2D eigenvalue weighted by molar-refractivity contribution is 6.00. The van der Waals surface area contributed by atoms with Gasteiger partial charge < -0.3 is 20.7 Å². The Hall–Kier alpha value is -4.36. The normalized spacial score (nSPS) is 13.2. The molecule has 2 aromatic carbocycles. The quantitative estimate of drug-likeness (QED) is 0.369. The molecule has 36 heavy (non-hydrogen) atoms. The van der Waals surface area contributed by atoms with E-state index in [1.54, 1.807) is 0 Å². The minimum absolute atomic E-state index is 0.0569. The van der Waals surface area contributed by atoms with Crippen molar-refractivity contribution in [3.63, 3.8) is 0 Å². The first-order valence-corrected chi connectivity index (χ1v) is 10.2. The summed E-state index contributed by atoms with van der Waals surface area (Å²) in [7, 11) is 0. The molecule has 1 saturated carbocycles. The van der Waals surface area contributed by atoms with E-state index in [1.807, 2.05) is 5.32 Å². The highest BCUT2D eigenvalue weighted by Crippen LogP contribution is 2.34. The van der Waals surface area contributed by atoms with Crippen LogP contribution in [0.5, 0.6) is 11.6 Å². The smallest absolute Gasteiger partial charge is 0.419 e. The molecule has 4 rings (SSSR count). The van der Waals surface area contributed by atoms with Crippen LogP contribution in [0, 0.1) is 23.4 Å². The molecule has 0 bridgehead atoms. The molecule has 1 aromatic heterocycles. The van der Waals surface area contributed by atoms with Gasteiger partial charge in [0.2, 0.25) is 11.8 Å². The van der Waals surface area contributed by atoms with E-state index in [4.69, 9.17) is 4.74 Å². The maximum Gasteiger partial charge on any atom is 0.419 e. The number of rotatable bonds is 6. The van der Waals surface area contributed by atoms with Gasteiger partial charge in [-0.05, 0) is 25.0 Å². The standard InChI is InChI=1S/C22H15F6N5O3/c23-11-3-12(31-21(35)32-13-6-15(22(26,27)28)19(25)16(24)7-13)5-14(4-11)36-18-8-17(29-9-30-18)33-20(34)10-1-2-10/h3-10H,1-2H2,(H2,31,32,35)(H,29,30,33,34). The Labute approximate surface area is 198 Å². The minimum atomic E-state index is -5.20. The number of amides is 3. The van der Waals surface area contributed by atoms with Gasteiger partial charge in [-0.15, -0.1) is 0 Å². The van der Waals surface area contributed by atoms with Crippen LogP contribution < -0.4 is 20.7 Å². The van der Waals surface area contributed by atoms with Crippen LogP contribution >= 0.6 is 0 Å². The van der Waals surface area contributed by atoms with Crippen molar-refractivity contribution in [2.24, 2.45) is 5.92 Å². The zero-order chi connectivity index (χ0) is 26.0. The Morgan fingerprint density at radius 1 is 0.889 bits per heavy atom. The summed E-state index contributed by atoms with van der Waals surface area (Å²) in [5.74, 6) is -5.08. The molecule has 0 spiro atoms. The number of benzene rings is 2. The number of carbonyl (C=O) groups excluding carboxylic acids is 2. The lowest BCUT2D eigenvalue weighted by Gasteiger charge is -2.13.